The van der Waals surface area contributed by atoms with Gasteiger partial charge in [0.05, 0.1) is 12.2 Å². The zero-order valence-corrected chi connectivity index (χ0v) is 11.3. The molecule has 1 aromatic heterocycles. The van der Waals surface area contributed by atoms with Crippen LogP contribution in [0, 0.1) is 6.92 Å². The molecule has 104 valence electrons. The van der Waals surface area contributed by atoms with Crippen LogP contribution in [-0.4, -0.2) is 22.7 Å². The minimum Gasteiger partial charge on any atom is -0.488 e. The molecule has 1 aromatic carbocycles. The average Bonchev–Trinajstić information content (AvgIpc) is 2.43. The van der Waals surface area contributed by atoms with Crippen molar-refractivity contribution in [2.24, 2.45) is 0 Å². The van der Waals surface area contributed by atoms with Gasteiger partial charge in [0, 0.05) is 6.20 Å². The summed E-state index contributed by atoms with van der Waals surface area (Å²) < 4.78 is 11.1. The van der Waals surface area contributed by atoms with Gasteiger partial charge in [-0.3, -0.25) is 0 Å². The predicted molar refractivity (Wildman–Crippen MR) is 73.6 cm³/mol. The fourth-order valence-corrected chi connectivity index (χ4v) is 1.72. The summed E-state index contributed by atoms with van der Waals surface area (Å²) >= 11 is 0. The number of carbonyl (C=O) groups is 1. The number of hydrogen-bond acceptors (Lipinski definition) is 4. The van der Waals surface area contributed by atoms with E-state index in [0.29, 0.717) is 24.0 Å². The van der Waals surface area contributed by atoms with Crippen molar-refractivity contribution >= 4 is 5.97 Å². The molecule has 1 N–H and O–H groups in total. The van der Waals surface area contributed by atoms with E-state index in [1.165, 1.54) is 6.07 Å². The summed E-state index contributed by atoms with van der Waals surface area (Å²) in [6, 6.07) is 8.20. The van der Waals surface area contributed by atoms with Gasteiger partial charge in [0.25, 0.3) is 5.88 Å². The van der Waals surface area contributed by atoms with Gasteiger partial charge >= 0.3 is 5.97 Å². The zero-order valence-electron chi connectivity index (χ0n) is 11.3. The van der Waals surface area contributed by atoms with Gasteiger partial charge < -0.3 is 14.6 Å². The van der Waals surface area contributed by atoms with Gasteiger partial charge in [-0.25, -0.2) is 9.78 Å². The van der Waals surface area contributed by atoms with Crippen molar-refractivity contribution in [1.82, 2.24) is 4.98 Å². The van der Waals surface area contributed by atoms with Crippen molar-refractivity contribution in [1.29, 1.82) is 0 Å². The Morgan fingerprint density at radius 1 is 1.30 bits per heavy atom. The summed E-state index contributed by atoms with van der Waals surface area (Å²) in [6.07, 6.45) is 1.61. The second-order valence-electron chi connectivity index (χ2n) is 4.13. The van der Waals surface area contributed by atoms with Gasteiger partial charge in [-0.15, -0.1) is 0 Å². The van der Waals surface area contributed by atoms with E-state index in [0.717, 1.165) is 5.56 Å². The number of aryl methyl sites for hydroxylation is 1. The largest absolute Gasteiger partial charge is 0.488 e. The number of carboxylic acids is 1. The van der Waals surface area contributed by atoms with Crippen molar-refractivity contribution in [3.63, 3.8) is 0 Å². The Kier molecular flexibility index (Phi) is 4.20. The van der Waals surface area contributed by atoms with Crippen LogP contribution in [0.1, 0.15) is 22.8 Å². The Morgan fingerprint density at radius 3 is 2.75 bits per heavy atom. The maximum atomic E-state index is 10.9. The van der Waals surface area contributed by atoms with Gasteiger partial charge in [-0.1, -0.05) is 0 Å². The van der Waals surface area contributed by atoms with Crippen LogP contribution in [0.15, 0.2) is 36.5 Å². The Hall–Kier alpha value is -2.56. The van der Waals surface area contributed by atoms with Gasteiger partial charge in [0.1, 0.15) is 5.75 Å². The minimum absolute atomic E-state index is 0.223. The quantitative estimate of drug-likeness (QED) is 0.905. The highest BCUT2D eigenvalue weighted by molar-refractivity contribution is 5.88. The van der Waals surface area contributed by atoms with Crippen molar-refractivity contribution in [3.8, 4) is 17.4 Å². The molecule has 20 heavy (non-hydrogen) atoms. The minimum atomic E-state index is -0.965. The Morgan fingerprint density at radius 2 is 2.10 bits per heavy atom. The lowest BCUT2D eigenvalue weighted by molar-refractivity contribution is 0.0696. The maximum absolute atomic E-state index is 10.9. The number of carboxylic acid groups (broad SMARTS) is 1. The molecule has 0 fully saturated rings. The van der Waals surface area contributed by atoms with E-state index in [9.17, 15) is 4.79 Å². The molecule has 0 saturated heterocycles. The highest BCUT2D eigenvalue weighted by atomic mass is 16.5. The van der Waals surface area contributed by atoms with Crippen molar-refractivity contribution in [2.75, 3.05) is 6.61 Å². The van der Waals surface area contributed by atoms with E-state index >= 15 is 0 Å². The lowest BCUT2D eigenvalue weighted by atomic mass is 10.1. The monoisotopic (exact) mass is 273 g/mol. The molecule has 0 saturated carbocycles. The summed E-state index contributed by atoms with van der Waals surface area (Å²) in [5.74, 6) is 0.499. The van der Waals surface area contributed by atoms with Crippen LogP contribution in [0.4, 0.5) is 0 Å². The van der Waals surface area contributed by atoms with Crippen molar-refractivity contribution < 1.29 is 19.4 Å². The lowest BCUT2D eigenvalue weighted by Gasteiger charge is -2.12. The highest BCUT2D eigenvalue weighted by Gasteiger charge is 2.11. The molecule has 5 nitrogen and oxygen atoms in total. The number of pyridine rings is 1. The molecule has 0 spiro atoms. The van der Waals surface area contributed by atoms with Crippen LogP contribution in [-0.2, 0) is 0 Å². The van der Waals surface area contributed by atoms with E-state index in [4.69, 9.17) is 14.6 Å². The predicted octanol–water partition coefficient (Wildman–Crippen LogP) is 3.28. The molecule has 0 radical (unpaired) electrons. The second-order valence-corrected chi connectivity index (χ2v) is 4.13. The van der Waals surface area contributed by atoms with E-state index in [-0.39, 0.29) is 5.56 Å². The first-order valence-corrected chi connectivity index (χ1v) is 6.21. The number of aromatic nitrogens is 1. The molecule has 0 bridgehead atoms. The summed E-state index contributed by atoms with van der Waals surface area (Å²) in [5, 5.41) is 8.93. The number of benzene rings is 1. The van der Waals surface area contributed by atoms with Crippen LogP contribution >= 0.6 is 0 Å². The topological polar surface area (TPSA) is 68.7 Å². The van der Waals surface area contributed by atoms with Gasteiger partial charge in [-0.2, -0.15) is 0 Å². The van der Waals surface area contributed by atoms with Crippen LogP contribution < -0.4 is 9.47 Å². The number of rotatable bonds is 5. The molecule has 1 heterocycles. The van der Waals surface area contributed by atoms with Crippen LogP contribution in [0.25, 0.3) is 0 Å². The molecule has 0 atom stereocenters. The smallest absolute Gasteiger partial charge is 0.335 e. The Balaban J connectivity index is 2.28. The lowest BCUT2D eigenvalue weighted by Crippen LogP contribution is -1.99. The molecule has 0 aliphatic rings. The fraction of sp³-hybridized carbons (Fsp3) is 0.200. The number of aromatic carboxylic acids is 1. The van der Waals surface area contributed by atoms with Crippen molar-refractivity contribution in [3.05, 3.63) is 47.7 Å². The van der Waals surface area contributed by atoms with Gasteiger partial charge in [-0.05, 0) is 49.7 Å². The van der Waals surface area contributed by atoms with Gasteiger partial charge in [0.15, 0.2) is 5.75 Å². The number of ether oxygens (including phenoxy) is 2. The molecule has 0 aliphatic carbocycles. The van der Waals surface area contributed by atoms with Crippen LogP contribution in [0.3, 0.4) is 0 Å². The third-order valence-electron chi connectivity index (χ3n) is 2.66. The maximum Gasteiger partial charge on any atom is 0.335 e. The third kappa shape index (κ3) is 3.06. The van der Waals surface area contributed by atoms with E-state index < -0.39 is 5.97 Å². The number of nitrogens with zero attached hydrogens (tertiary/aromatic N) is 1. The number of hydrogen-bond donors (Lipinski definition) is 1. The highest BCUT2D eigenvalue weighted by Crippen LogP contribution is 2.31. The normalized spacial score (nSPS) is 10.1. The van der Waals surface area contributed by atoms with E-state index in [1.807, 2.05) is 6.92 Å². The third-order valence-corrected chi connectivity index (χ3v) is 2.66. The first kappa shape index (κ1) is 13.9. The van der Waals surface area contributed by atoms with Gasteiger partial charge in [0.2, 0.25) is 0 Å². The SMILES string of the molecule is CCOc1cccnc1Oc1ccc(C(=O)O)cc1C. The molecular weight excluding hydrogens is 258 g/mol. The van der Waals surface area contributed by atoms with Crippen molar-refractivity contribution in [2.45, 2.75) is 13.8 Å². The average molecular weight is 273 g/mol. The standard InChI is InChI=1S/C15H15NO4/c1-3-19-13-5-4-8-16-14(13)20-12-7-6-11(15(17)18)9-10(12)2/h4-9H,3H2,1-2H3,(H,17,18). The summed E-state index contributed by atoms with van der Waals surface area (Å²) in [6.45, 7) is 4.17. The molecule has 0 aliphatic heterocycles. The van der Waals surface area contributed by atoms with Crippen LogP contribution in [0.5, 0.6) is 17.4 Å². The van der Waals surface area contributed by atoms with E-state index in [2.05, 4.69) is 4.98 Å². The van der Waals surface area contributed by atoms with E-state index in [1.54, 1.807) is 37.4 Å². The summed E-state index contributed by atoms with van der Waals surface area (Å²) in [7, 11) is 0. The molecule has 2 aromatic rings. The molecule has 5 heteroatoms. The molecule has 0 amide bonds. The zero-order chi connectivity index (χ0) is 14.5. The molecule has 2 rings (SSSR count). The fourth-order valence-electron chi connectivity index (χ4n) is 1.72. The second kappa shape index (κ2) is 6.06. The molecular formula is C15H15NO4. The molecule has 0 unspecified atom stereocenters. The first-order chi connectivity index (χ1) is 9.61. The Labute approximate surface area is 116 Å². The first-order valence-electron chi connectivity index (χ1n) is 6.21. The summed E-state index contributed by atoms with van der Waals surface area (Å²) in [5.41, 5.74) is 0.943. The Bertz CT molecular complexity index is 625. The summed E-state index contributed by atoms with van der Waals surface area (Å²) in [4.78, 5) is 15.0. The van der Waals surface area contributed by atoms with Crippen LogP contribution in [0.2, 0.25) is 0 Å².